The maximum absolute atomic E-state index is 12.2. The summed E-state index contributed by atoms with van der Waals surface area (Å²) in [7, 11) is 0. The monoisotopic (exact) mass is 276 g/mol. The number of nitrogens with zero attached hydrogens (tertiary/aromatic N) is 1. The number of benzene rings is 1. The van der Waals surface area contributed by atoms with E-state index in [1.807, 2.05) is 0 Å². The van der Waals surface area contributed by atoms with E-state index in [2.05, 4.69) is 20.8 Å². The minimum atomic E-state index is -0.238. The first-order valence-corrected chi connectivity index (χ1v) is 6.46. The van der Waals surface area contributed by atoms with E-state index in [0.29, 0.717) is 16.4 Å². The van der Waals surface area contributed by atoms with E-state index >= 15 is 0 Å². The van der Waals surface area contributed by atoms with Gasteiger partial charge in [0.1, 0.15) is 0 Å². The minimum absolute atomic E-state index is 0.238. The zero-order chi connectivity index (χ0) is 13.2. The number of hydrogen-bond acceptors (Lipinski definition) is 3. The average molecular weight is 277 g/mol. The molecule has 19 heavy (non-hydrogen) atoms. The van der Waals surface area contributed by atoms with E-state index in [1.54, 1.807) is 24.3 Å². The quantitative estimate of drug-likeness (QED) is 0.785. The summed E-state index contributed by atoms with van der Waals surface area (Å²) in [6, 6.07) is 6.96. The first-order valence-electron chi connectivity index (χ1n) is 6.08. The number of nitrogens with one attached hydrogen (secondary N) is 3. The Morgan fingerprint density at radius 1 is 1.37 bits per heavy atom. The van der Waals surface area contributed by atoms with Crippen LogP contribution in [0.15, 0.2) is 24.3 Å². The zero-order valence-corrected chi connectivity index (χ0v) is 10.9. The van der Waals surface area contributed by atoms with Crippen LogP contribution in [0.1, 0.15) is 21.6 Å². The van der Waals surface area contributed by atoms with Crippen LogP contribution in [-0.4, -0.2) is 22.6 Å². The van der Waals surface area contributed by atoms with Crippen LogP contribution in [-0.2, 0) is 13.0 Å². The molecule has 1 aliphatic heterocycles. The summed E-state index contributed by atoms with van der Waals surface area (Å²) in [4.78, 5) is 12.2. The molecular weight excluding hydrogens is 264 g/mol. The van der Waals surface area contributed by atoms with Crippen LogP contribution < -0.4 is 10.6 Å². The number of H-pyrrole nitrogens is 1. The van der Waals surface area contributed by atoms with Crippen LogP contribution in [0.4, 0.5) is 5.82 Å². The van der Waals surface area contributed by atoms with Crippen molar-refractivity contribution in [2.75, 3.05) is 11.9 Å². The van der Waals surface area contributed by atoms with Gasteiger partial charge in [-0.1, -0.05) is 23.7 Å². The smallest absolute Gasteiger partial charge is 0.258 e. The molecule has 6 heteroatoms. The highest BCUT2D eigenvalue weighted by atomic mass is 35.5. The highest BCUT2D eigenvalue weighted by molar-refractivity contribution is 6.34. The number of aromatic nitrogens is 2. The summed E-state index contributed by atoms with van der Waals surface area (Å²) < 4.78 is 0. The molecule has 98 valence electrons. The fourth-order valence-corrected chi connectivity index (χ4v) is 2.39. The molecule has 2 heterocycles. The molecule has 2 aromatic rings. The molecule has 0 bridgehead atoms. The molecule has 3 N–H and O–H groups in total. The third-order valence-corrected chi connectivity index (χ3v) is 3.49. The molecule has 0 radical (unpaired) electrons. The van der Waals surface area contributed by atoms with E-state index in [9.17, 15) is 4.79 Å². The summed E-state index contributed by atoms with van der Waals surface area (Å²) in [6.07, 6.45) is 0.851. The Balaban J connectivity index is 1.84. The van der Waals surface area contributed by atoms with Crippen molar-refractivity contribution in [2.45, 2.75) is 13.0 Å². The molecule has 3 rings (SSSR count). The highest BCUT2D eigenvalue weighted by Crippen LogP contribution is 2.22. The van der Waals surface area contributed by atoms with Gasteiger partial charge in [0.25, 0.3) is 5.91 Å². The van der Waals surface area contributed by atoms with Gasteiger partial charge in [0, 0.05) is 12.1 Å². The standard InChI is InChI=1S/C13H13ClN4O/c14-10-4-2-1-3-8(10)13(19)16-12-9-5-6-15-7-11(9)17-18-12/h1-4,15H,5-7H2,(H2,16,17,18,19). The van der Waals surface area contributed by atoms with E-state index in [4.69, 9.17) is 11.6 Å². The maximum atomic E-state index is 12.2. The highest BCUT2D eigenvalue weighted by Gasteiger charge is 2.19. The van der Waals surface area contributed by atoms with Crippen molar-refractivity contribution in [1.82, 2.24) is 15.5 Å². The lowest BCUT2D eigenvalue weighted by molar-refractivity contribution is 0.102. The van der Waals surface area contributed by atoms with Gasteiger partial charge >= 0.3 is 0 Å². The molecule has 0 fully saturated rings. The number of amides is 1. The van der Waals surface area contributed by atoms with Gasteiger partial charge in [-0.2, -0.15) is 5.10 Å². The summed E-state index contributed by atoms with van der Waals surface area (Å²) in [6.45, 7) is 1.64. The molecule has 0 spiro atoms. The first-order chi connectivity index (χ1) is 9.25. The maximum Gasteiger partial charge on any atom is 0.258 e. The Labute approximate surface area is 115 Å². The third-order valence-electron chi connectivity index (χ3n) is 3.16. The number of aromatic amines is 1. The minimum Gasteiger partial charge on any atom is -0.311 e. The molecule has 0 saturated carbocycles. The van der Waals surface area contributed by atoms with Crippen molar-refractivity contribution in [1.29, 1.82) is 0 Å². The van der Waals surface area contributed by atoms with Crippen LogP contribution in [0, 0.1) is 0 Å². The predicted octanol–water partition coefficient (Wildman–Crippen LogP) is 1.96. The van der Waals surface area contributed by atoms with Gasteiger partial charge in [-0.05, 0) is 25.1 Å². The van der Waals surface area contributed by atoms with Crippen molar-refractivity contribution >= 4 is 23.3 Å². The van der Waals surface area contributed by atoms with Crippen molar-refractivity contribution in [3.8, 4) is 0 Å². The van der Waals surface area contributed by atoms with Gasteiger partial charge in [0.2, 0.25) is 0 Å². The zero-order valence-electron chi connectivity index (χ0n) is 10.2. The van der Waals surface area contributed by atoms with Crippen LogP contribution in [0.2, 0.25) is 5.02 Å². The molecular formula is C13H13ClN4O. The Morgan fingerprint density at radius 3 is 3.05 bits per heavy atom. The lowest BCUT2D eigenvalue weighted by Crippen LogP contribution is -2.24. The number of carbonyl (C=O) groups is 1. The molecule has 1 aliphatic rings. The molecule has 5 nitrogen and oxygen atoms in total. The first kappa shape index (κ1) is 12.2. The van der Waals surface area contributed by atoms with Crippen molar-refractivity contribution in [3.05, 3.63) is 46.1 Å². The Bertz CT molecular complexity index is 623. The molecule has 0 saturated heterocycles. The van der Waals surface area contributed by atoms with Gasteiger partial charge in [-0.3, -0.25) is 9.89 Å². The molecule has 0 atom stereocenters. The van der Waals surface area contributed by atoms with Crippen LogP contribution in [0.25, 0.3) is 0 Å². The summed E-state index contributed by atoms with van der Waals surface area (Å²) in [5.41, 5.74) is 2.55. The lowest BCUT2D eigenvalue weighted by atomic mass is 10.1. The second-order valence-corrected chi connectivity index (χ2v) is 4.80. The van der Waals surface area contributed by atoms with Crippen molar-refractivity contribution in [3.63, 3.8) is 0 Å². The number of halogens is 1. The lowest BCUT2D eigenvalue weighted by Gasteiger charge is -2.13. The Hall–Kier alpha value is -1.85. The largest absolute Gasteiger partial charge is 0.311 e. The van der Waals surface area contributed by atoms with E-state index in [0.717, 1.165) is 30.8 Å². The van der Waals surface area contributed by atoms with E-state index < -0.39 is 0 Å². The van der Waals surface area contributed by atoms with Gasteiger partial charge in [-0.25, -0.2) is 0 Å². The Morgan fingerprint density at radius 2 is 2.21 bits per heavy atom. The number of rotatable bonds is 2. The van der Waals surface area contributed by atoms with E-state index in [1.165, 1.54) is 0 Å². The molecule has 0 unspecified atom stereocenters. The summed E-state index contributed by atoms with van der Waals surface area (Å²) >= 11 is 6.00. The molecule has 1 amide bonds. The fourth-order valence-electron chi connectivity index (χ4n) is 2.17. The van der Waals surface area contributed by atoms with Gasteiger partial charge in [-0.15, -0.1) is 0 Å². The van der Waals surface area contributed by atoms with Crippen LogP contribution in [0.3, 0.4) is 0 Å². The summed E-state index contributed by atoms with van der Waals surface area (Å²) in [5.74, 6) is 0.361. The third kappa shape index (κ3) is 2.34. The predicted molar refractivity (Wildman–Crippen MR) is 73.4 cm³/mol. The van der Waals surface area contributed by atoms with E-state index in [-0.39, 0.29) is 5.91 Å². The number of anilines is 1. The molecule has 1 aromatic heterocycles. The molecule has 0 aliphatic carbocycles. The van der Waals surface area contributed by atoms with Crippen LogP contribution in [0.5, 0.6) is 0 Å². The number of fused-ring (bicyclic) bond motifs is 1. The number of hydrogen-bond donors (Lipinski definition) is 3. The second-order valence-electron chi connectivity index (χ2n) is 4.39. The fraction of sp³-hybridized carbons (Fsp3) is 0.231. The SMILES string of the molecule is O=C(Nc1n[nH]c2c1CCNC2)c1ccccc1Cl. The van der Waals surface area contributed by atoms with Crippen molar-refractivity contribution < 1.29 is 4.79 Å². The normalized spacial score (nSPS) is 13.9. The summed E-state index contributed by atoms with van der Waals surface area (Å²) in [5, 5.41) is 13.6. The second kappa shape index (κ2) is 5.03. The van der Waals surface area contributed by atoms with Crippen molar-refractivity contribution in [2.24, 2.45) is 0 Å². The number of carbonyl (C=O) groups excluding carboxylic acids is 1. The van der Waals surface area contributed by atoms with Gasteiger partial charge in [0.05, 0.1) is 16.3 Å². The van der Waals surface area contributed by atoms with Gasteiger partial charge < -0.3 is 10.6 Å². The topological polar surface area (TPSA) is 69.8 Å². The molecule has 1 aromatic carbocycles. The van der Waals surface area contributed by atoms with Gasteiger partial charge in [0.15, 0.2) is 5.82 Å². The Kier molecular flexibility index (Phi) is 3.23. The van der Waals surface area contributed by atoms with Crippen LogP contribution >= 0.6 is 11.6 Å². The average Bonchev–Trinajstić information content (AvgIpc) is 2.83.